The quantitative estimate of drug-likeness (QED) is 0.545. The first-order valence-corrected chi connectivity index (χ1v) is 3.67. The van der Waals surface area contributed by atoms with Crippen LogP contribution in [-0.4, -0.2) is 18.0 Å². The van der Waals surface area contributed by atoms with Gasteiger partial charge in [0.15, 0.2) is 0 Å². The number of carbonyl (C=O) groups excluding carboxylic acids is 2. The lowest BCUT2D eigenvalue weighted by Gasteiger charge is -2.18. The average molecular weight is 170 g/mol. The van der Waals surface area contributed by atoms with Gasteiger partial charge in [0, 0.05) is 13.3 Å². The zero-order valence-corrected chi connectivity index (χ0v) is 6.99. The van der Waals surface area contributed by atoms with Crippen molar-refractivity contribution in [3.05, 3.63) is 11.8 Å². The van der Waals surface area contributed by atoms with Gasteiger partial charge >= 0.3 is 11.9 Å². The summed E-state index contributed by atoms with van der Waals surface area (Å²) in [7, 11) is 0. The van der Waals surface area contributed by atoms with Crippen molar-refractivity contribution in [2.75, 3.05) is 0 Å². The first-order valence-electron chi connectivity index (χ1n) is 3.67. The van der Waals surface area contributed by atoms with Crippen molar-refractivity contribution in [2.24, 2.45) is 0 Å². The highest BCUT2D eigenvalue weighted by atomic mass is 16.6. The van der Waals surface area contributed by atoms with Gasteiger partial charge in [-0.25, -0.2) is 4.79 Å². The van der Waals surface area contributed by atoms with Crippen LogP contribution in [0.3, 0.4) is 0 Å². The third-order valence-electron chi connectivity index (χ3n) is 1.36. The molecule has 0 unspecified atom stereocenters. The molecule has 4 nitrogen and oxygen atoms in total. The Balaban J connectivity index is 2.63. The normalized spacial score (nSPS) is 22.7. The summed E-state index contributed by atoms with van der Waals surface area (Å²) in [5.74, 6) is -0.487. The Bertz CT molecular complexity index is 241. The van der Waals surface area contributed by atoms with Gasteiger partial charge in [0.2, 0.25) is 0 Å². The molecule has 4 heteroatoms. The van der Waals surface area contributed by atoms with Crippen LogP contribution in [0, 0.1) is 0 Å². The van der Waals surface area contributed by atoms with Crippen molar-refractivity contribution in [2.45, 2.75) is 26.4 Å². The largest absolute Gasteiger partial charge is 0.459 e. The van der Waals surface area contributed by atoms with Crippen molar-refractivity contribution >= 4 is 11.9 Å². The SMILES string of the molecule is CC(=O)OC1=CC(=O)O[C@@H](C)C1. The summed E-state index contributed by atoms with van der Waals surface area (Å²) in [4.78, 5) is 21.3. The summed E-state index contributed by atoms with van der Waals surface area (Å²) in [6.07, 6.45) is 1.45. The topological polar surface area (TPSA) is 52.6 Å². The van der Waals surface area contributed by atoms with Crippen LogP contribution in [0.4, 0.5) is 0 Å². The fraction of sp³-hybridized carbons (Fsp3) is 0.500. The van der Waals surface area contributed by atoms with Gasteiger partial charge in [-0.15, -0.1) is 0 Å². The minimum Gasteiger partial charge on any atom is -0.459 e. The maximum absolute atomic E-state index is 10.8. The van der Waals surface area contributed by atoms with Crippen molar-refractivity contribution in [3.63, 3.8) is 0 Å². The number of carbonyl (C=O) groups is 2. The fourth-order valence-corrected chi connectivity index (χ4v) is 1.00. The zero-order chi connectivity index (χ0) is 9.14. The summed E-state index contributed by atoms with van der Waals surface area (Å²) >= 11 is 0. The van der Waals surface area contributed by atoms with Crippen LogP contribution in [0.1, 0.15) is 20.3 Å². The first-order chi connectivity index (χ1) is 5.58. The number of ether oxygens (including phenoxy) is 2. The van der Waals surface area contributed by atoms with E-state index in [1.807, 2.05) is 0 Å². The van der Waals surface area contributed by atoms with E-state index in [-0.39, 0.29) is 6.10 Å². The lowest BCUT2D eigenvalue weighted by atomic mass is 10.2. The Morgan fingerprint density at radius 2 is 2.42 bits per heavy atom. The van der Waals surface area contributed by atoms with Crippen LogP contribution >= 0.6 is 0 Å². The molecule has 66 valence electrons. The molecule has 0 aromatic heterocycles. The summed E-state index contributed by atoms with van der Waals surface area (Å²) in [6.45, 7) is 3.04. The Morgan fingerprint density at radius 3 is 2.92 bits per heavy atom. The highest BCUT2D eigenvalue weighted by Gasteiger charge is 2.19. The van der Waals surface area contributed by atoms with Crippen molar-refractivity contribution in [1.29, 1.82) is 0 Å². The van der Waals surface area contributed by atoms with E-state index < -0.39 is 11.9 Å². The minimum absolute atomic E-state index is 0.211. The highest BCUT2D eigenvalue weighted by molar-refractivity contribution is 5.84. The Kier molecular flexibility index (Phi) is 2.47. The molecule has 12 heavy (non-hydrogen) atoms. The molecule has 1 heterocycles. The van der Waals surface area contributed by atoms with E-state index in [1.165, 1.54) is 13.0 Å². The molecule has 0 N–H and O–H groups in total. The first kappa shape index (κ1) is 8.77. The van der Waals surface area contributed by atoms with Gasteiger partial charge in [-0.2, -0.15) is 0 Å². The molecule has 1 rings (SSSR count). The third kappa shape index (κ3) is 2.38. The van der Waals surface area contributed by atoms with Crippen LogP contribution in [0.5, 0.6) is 0 Å². The maximum Gasteiger partial charge on any atom is 0.334 e. The number of hydrogen-bond acceptors (Lipinski definition) is 4. The van der Waals surface area contributed by atoms with Gasteiger partial charge in [0.25, 0.3) is 0 Å². The van der Waals surface area contributed by atoms with Gasteiger partial charge in [0.05, 0.1) is 6.08 Å². The highest BCUT2D eigenvalue weighted by Crippen LogP contribution is 2.15. The molecule has 0 radical (unpaired) electrons. The van der Waals surface area contributed by atoms with E-state index in [9.17, 15) is 9.59 Å². The average Bonchev–Trinajstić information content (AvgIpc) is 1.81. The molecule has 1 aliphatic rings. The monoisotopic (exact) mass is 170 g/mol. The standard InChI is InChI=1S/C8H10O4/c1-5-3-7(12-6(2)9)4-8(10)11-5/h4-5H,3H2,1-2H3/t5-/m0/s1. The van der Waals surface area contributed by atoms with E-state index in [2.05, 4.69) is 0 Å². The number of cyclic esters (lactones) is 1. The number of esters is 2. The maximum atomic E-state index is 10.8. The van der Waals surface area contributed by atoms with E-state index >= 15 is 0 Å². The smallest absolute Gasteiger partial charge is 0.334 e. The van der Waals surface area contributed by atoms with Gasteiger partial charge < -0.3 is 9.47 Å². The molecule has 0 saturated carbocycles. The van der Waals surface area contributed by atoms with Gasteiger partial charge in [0.1, 0.15) is 11.9 Å². The van der Waals surface area contributed by atoms with E-state index in [0.29, 0.717) is 12.2 Å². The minimum atomic E-state index is -0.454. The summed E-state index contributed by atoms with van der Waals surface area (Å²) in [5, 5.41) is 0. The summed E-state index contributed by atoms with van der Waals surface area (Å²) < 4.78 is 9.54. The Morgan fingerprint density at radius 1 is 1.75 bits per heavy atom. The summed E-state index contributed by atoms with van der Waals surface area (Å²) in [5.41, 5.74) is 0. The third-order valence-corrected chi connectivity index (χ3v) is 1.36. The molecule has 1 aliphatic heterocycles. The van der Waals surface area contributed by atoms with E-state index in [4.69, 9.17) is 9.47 Å². The fourth-order valence-electron chi connectivity index (χ4n) is 1.00. The molecular weight excluding hydrogens is 160 g/mol. The lowest BCUT2D eigenvalue weighted by molar-refractivity contribution is -0.146. The second kappa shape index (κ2) is 3.38. The summed E-state index contributed by atoms with van der Waals surface area (Å²) in [6, 6.07) is 0. The van der Waals surface area contributed by atoms with Crippen molar-refractivity contribution < 1.29 is 19.1 Å². The molecule has 0 fully saturated rings. The zero-order valence-electron chi connectivity index (χ0n) is 6.99. The second-order valence-corrected chi connectivity index (χ2v) is 2.66. The molecule has 0 spiro atoms. The molecule has 0 saturated heterocycles. The van der Waals surface area contributed by atoms with Gasteiger partial charge in [-0.1, -0.05) is 0 Å². The van der Waals surface area contributed by atoms with E-state index in [0.717, 1.165) is 0 Å². The van der Waals surface area contributed by atoms with Crippen LogP contribution in [0.25, 0.3) is 0 Å². The molecule has 0 aliphatic carbocycles. The van der Waals surface area contributed by atoms with Crippen LogP contribution < -0.4 is 0 Å². The van der Waals surface area contributed by atoms with Gasteiger partial charge in [-0.3, -0.25) is 4.79 Å². The Hall–Kier alpha value is -1.32. The van der Waals surface area contributed by atoms with Crippen molar-refractivity contribution in [1.82, 2.24) is 0 Å². The lowest BCUT2D eigenvalue weighted by Crippen LogP contribution is -2.21. The van der Waals surface area contributed by atoms with Crippen molar-refractivity contribution in [3.8, 4) is 0 Å². The van der Waals surface area contributed by atoms with E-state index in [1.54, 1.807) is 6.92 Å². The molecule has 1 atom stereocenters. The molecule has 0 aromatic rings. The Labute approximate surface area is 70.1 Å². The van der Waals surface area contributed by atoms with Crippen LogP contribution in [0.15, 0.2) is 11.8 Å². The second-order valence-electron chi connectivity index (χ2n) is 2.66. The van der Waals surface area contributed by atoms with Crippen LogP contribution in [0.2, 0.25) is 0 Å². The molecule has 0 bridgehead atoms. The predicted molar refractivity (Wildman–Crippen MR) is 40.0 cm³/mol. The molecule has 0 amide bonds. The molecular formula is C8H10O4. The predicted octanol–water partition coefficient (Wildman–Crippen LogP) is 0.769. The molecule has 0 aromatic carbocycles. The number of rotatable bonds is 1. The van der Waals surface area contributed by atoms with Gasteiger partial charge in [-0.05, 0) is 6.92 Å². The number of hydrogen-bond donors (Lipinski definition) is 0. The van der Waals surface area contributed by atoms with Crippen LogP contribution in [-0.2, 0) is 19.1 Å².